The topological polar surface area (TPSA) is 67.3 Å². The van der Waals surface area contributed by atoms with Crippen molar-refractivity contribution < 1.29 is 4.39 Å². The van der Waals surface area contributed by atoms with Crippen molar-refractivity contribution in [2.75, 3.05) is 13.6 Å². The van der Waals surface area contributed by atoms with Crippen molar-refractivity contribution in [3.05, 3.63) is 90.2 Å². The minimum atomic E-state index is -0.326. The highest BCUT2D eigenvalue weighted by molar-refractivity contribution is 5.84. The van der Waals surface area contributed by atoms with Gasteiger partial charge >= 0.3 is 0 Å². The fourth-order valence-corrected chi connectivity index (χ4v) is 2.29. The van der Waals surface area contributed by atoms with Gasteiger partial charge in [0.15, 0.2) is 0 Å². The molecule has 25 heavy (non-hydrogen) atoms. The van der Waals surface area contributed by atoms with E-state index >= 15 is 0 Å². The van der Waals surface area contributed by atoms with E-state index in [0.717, 1.165) is 11.1 Å². The predicted molar refractivity (Wildman–Crippen MR) is 103 cm³/mol. The highest BCUT2D eigenvalue weighted by Crippen LogP contribution is 2.31. The van der Waals surface area contributed by atoms with Crippen LogP contribution in [0.3, 0.4) is 0 Å². The van der Waals surface area contributed by atoms with E-state index in [0.29, 0.717) is 23.5 Å². The first kappa shape index (κ1) is 19.8. The van der Waals surface area contributed by atoms with Crippen molar-refractivity contribution in [1.29, 1.82) is 0 Å². The zero-order valence-corrected chi connectivity index (χ0v) is 14.3. The Morgan fingerprint density at radius 2 is 2.04 bits per heavy atom. The summed E-state index contributed by atoms with van der Waals surface area (Å²) in [7, 11) is 1.80. The Morgan fingerprint density at radius 3 is 2.52 bits per heavy atom. The summed E-state index contributed by atoms with van der Waals surface area (Å²) in [5.74, 6) is 8.54. The molecule has 5 heteroatoms. The molecular weight excluding hydrogens is 315 g/mol. The molecule has 130 valence electrons. The van der Waals surface area contributed by atoms with Gasteiger partial charge in [0.05, 0.1) is 6.54 Å². The molecule has 1 rings (SSSR count). The number of nitrogens with two attached hydrogens (primary N) is 2. The van der Waals surface area contributed by atoms with Gasteiger partial charge in [-0.3, -0.25) is 0 Å². The maximum atomic E-state index is 13.2. The molecule has 0 bridgehead atoms. The fourth-order valence-electron chi connectivity index (χ4n) is 2.29. The van der Waals surface area contributed by atoms with Crippen LogP contribution >= 0.6 is 0 Å². The van der Waals surface area contributed by atoms with Crippen LogP contribution in [0.25, 0.3) is 5.57 Å². The summed E-state index contributed by atoms with van der Waals surface area (Å²) in [6.45, 7) is 8.20. The SMILES string of the molecule is C#CCN(C)\C(NN)=C(C(=C)c1ccc(F)cc1)/C(/C=C\N)=C/C=C. The number of benzene rings is 1. The van der Waals surface area contributed by atoms with Crippen LogP contribution in [0, 0.1) is 18.2 Å². The number of allylic oxidation sites excluding steroid dienone is 6. The van der Waals surface area contributed by atoms with Gasteiger partial charge in [-0.15, -0.1) is 6.42 Å². The molecule has 0 aliphatic rings. The lowest BCUT2D eigenvalue weighted by molar-refractivity contribution is 0.428. The Balaban J connectivity index is 3.63. The van der Waals surface area contributed by atoms with E-state index in [2.05, 4.69) is 24.5 Å². The van der Waals surface area contributed by atoms with Crippen molar-refractivity contribution in [3.8, 4) is 12.3 Å². The molecule has 1 aromatic rings. The van der Waals surface area contributed by atoms with Gasteiger partial charge in [-0.25, -0.2) is 10.2 Å². The predicted octanol–water partition coefficient (Wildman–Crippen LogP) is 2.66. The summed E-state index contributed by atoms with van der Waals surface area (Å²) in [6.07, 6.45) is 11.9. The average molecular weight is 338 g/mol. The molecule has 0 aromatic heterocycles. The van der Waals surface area contributed by atoms with Crippen LogP contribution in [0.5, 0.6) is 0 Å². The molecule has 0 amide bonds. The Labute approximate surface area is 148 Å². The van der Waals surface area contributed by atoms with E-state index in [1.165, 1.54) is 18.3 Å². The number of rotatable bonds is 8. The number of hydrogen-bond acceptors (Lipinski definition) is 4. The first-order valence-corrected chi connectivity index (χ1v) is 7.52. The lowest BCUT2D eigenvalue weighted by atomic mass is 9.92. The third-order valence-corrected chi connectivity index (χ3v) is 3.44. The van der Waals surface area contributed by atoms with E-state index < -0.39 is 0 Å². The summed E-state index contributed by atoms with van der Waals surface area (Å²) in [5.41, 5.74) is 11.0. The van der Waals surface area contributed by atoms with Gasteiger partial charge in [-0.2, -0.15) is 0 Å². The number of hydrazine groups is 1. The quantitative estimate of drug-likeness (QED) is 0.295. The molecule has 5 N–H and O–H groups in total. The maximum Gasteiger partial charge on any atom is 0.125 e. The molecule has 0 unspecified atom stereocenters. The number of nitrogens with one attached hydrogen (secondary N) is 1. The van der Waals surface area contributed by atoms with Crippen molar-refractivity contribution in [3.63, 3.8) is 0 Å². The Kier molecular flexibility index (Phi) is 7.77. The van der Waals surface area contributed by atoms with Gasteiger partial charge in [0, 0.05) is 12.6 Å². The first-order valence-electron chi connectivity index (χ1n) is 7.52. The minimum Gasteiger partial charge on any atom is -0.405 e. The molecule has 0 saturated heterocycles. The van der Waals surface area contributed by atoms with Crippen LogP contribution in [-0.4, -0.2) is 18.5 Å². The van der Waals surface area contributed by atoms with Crippen LogP contribution in [-0.2, 0) is 0 Å². The van der Waals surface area contributed by atoms with Crippen molar-refractivity contribution in [2.45, 2.75) is 0 Å². The number of nitrogens with zero attached hydrogens (tertiary/aromatic N) is 1. The normalized spacial score (nSPS) is 12.3. The van der Waals surface area contributed by atoms with Crippen LogP contribution in [0.15, 0.2) is 78.8 Å². The van der Waals surface area contributed by atoms with Gasteiger partial charge in [-0.1, -0.05) is 43.4 Å². The van der Waals surface area contributed by atoms with Gasteiger partial charge < -0.3 is 16.1 Å². The van der Waals surface area contributed by atoms with Crippen LogP contribution in [0.2, 0.25) is 0 Å². The van der Waals surface area contributed by atoms with Crippen LogP contribution < -0.4 is 17.0 Å². The second kappa shape index (κ2) is 9.81. The second-order valence-corrected chi connectivity index (χ2v) is 5.13. The largest absolute Gasteiger partial charge is 0.405 e. The second-order valence-electron chi connectivity index (χ2n) is 5.13. The zero-order chi connectivity index (χ0) is 18.8. The smallest absolute Gasteiger partial charge is 0.125 e. The lowest BCUT2D eigenvalue weighted by Crippen LogP contribution is -2.35. The number of halogens is 1. The van der Waals surface area contributed by atoms with Crippen LogP contribution in [0.1, 0.15) is 5.56 Å². The average Bonchev–Trinajstić information content (AvgIpc) is 2.59. The maximum absolute atomic E-state index is 13.2. The molecule has 0 aliphatic heterocycles. The highest BCUT2D eigenvalue weighted by Gasteiger charge is 2.17. The van der Waals surface area contributed by atoms with Crippen LogP contribution in [0.4, 0.5) is 4.39 Å². The van der Waals surface area contributed by atoms with E-state index in [1.807, 2.05) is 0 Å². The minimum absolute atomic E-state index is 0.326. The molecule has 0 heterocycles. The van der Waals surface area contributed by atoms with E-state index in [-0.39, 0.29) is 5.82 Å². The Morgan fingerprint density at radius 1 is 1.40 bits per heavy atom. The Bertz CT molecular complexity index is 749. The first-order chi connectivity index (χ1) is 12.0. The monoisotopic (exact) mass is 338 g/mol. The Hall–Kier alpha value is -3.23. The molecule has 4 nitrogen and oxygen atoms in total. The van der Waals surface area contributed by atoms with Gasteiger partial charge in [0.1, 0.15) is 11.6 Å². The van der Waals surface area contributed by atoms with Crippen molar-refractivity contribution in [2.24, 2.45) is 11.6 Å². The van der Waals surface area contributed by atoms with E-state index in [4.69, 9.17) is 18.0 Å². The van der Waals surface area contributed by atoms with E-state index in [1.54, 1.807) is 42.3 Å². The molecule has 0 fully saturated rings. The molecule has 0 saturated carbocycles. The molecular formula is C20H23FN4. The van der Waals surface area contributed by atoms with Crippen molar-refractivity contribution >= 4 is 5.57 Å². The third kappa shape index (κ3) is 5.13. The zero-order valence-electron chi connectivity index (χ0n) is 14.3. The standard InChI is InChI=1S/C20H23FN4/c1-5-7-17(12-13-22)19(20(24-23)25(4)14-6-2)15(3)16-8-10-18(21)11-9-16/h2,5,7-13,24H,1,3,14,22-23H2,4H3/b13-12-,17-7+,20-19-. The van der Waals surface area contributed by atoms with Gasteiger partial charge in [0.25, 0.3) is 0 Å². The van der Waals surface area contributed by atoms with Crippen molar-refractivity contribution in [1.82, 2.24) is 10.3 Å². The fraction of sp³-hybridized carbons (Fsp3) is 0.100. The third-order valence-electron chi connectivity index (χ3n) is 3.44. The molecule has 1 aromatic carbocycles. The summed E-state index contributed by atoms with van der Waals surface area (Å²) >= 11 is 0. The molecule has 0 atom stereocenters. The van der Waals surface area contributed by atoms with Gasteiger partial charge in [-0.05, 0) is 41.1 Å². The summed E-state index contributed by atoms with van der Waals surface area (Å²) < 4.78 is 13.2. The summed E-state index contributed by atoms with van der Waals surface area (Å²) in [4.78, 5) is 1.77. The number of hydrogen-bond donors (Lipinski definition) is 3. The summed E-state index contributed by atoms with van der Waals surface area (Å²) in [6, 6.07) is 6.03. The van der Waals surface area contributed by atoms with Gasteiger partial charge in [0.2, 0.25) is 0 Å². The highest BCUT2D eigenvalue weighted by atomic mass is 19.1. The number of terminal acetylenes is 1. The van der Waals surface area contributed by atoms with E-state index in [9.17, 15) is 4.39 Å². The molecule has 0 radical (unpaired) electrons. The molecule has 0 aliphatic carbocycles. The summed E-state index contributed by atoms with van der Waals surface area (Å²) in [5, 5.41) is 0. The lowest BCUT2D eigenvalue weighted by Gasteiger charge is -2.25. The molecule has 0 spiro atoms.